The van der Waals surface area contributed by atoms with E-state index < -0.39 is 0 Å². The molecule has 0 amide bonds. The lowest BCUT2D eigenvalue weighted by Gasteiger charge is -1.93. The maximum absolute atomic E-state index is 3.68. The van der Waals surface area contributed by atoms with Gasteiger partial charge in [-0.2, -0.15) is 0 Å². The molecule has 10 heavy (non-hydrogen) atoms. The largest absolute Gasteiger partial charge is 0.103 e. The van der Waals surface area contributed by atoms with Gasteiger partial charge in [0.15, 0.2) is 0 Å². The number of hydrogen-bond acceptors (Lipinski definition) is 0. The molecule has 0 N–H and O–H groups in total. The molecule has 0 fully saturated rings. The van der Waals surface area contributed by atoms with Gasteiger partial charge in [0.2, 0.25) is 0 Å². The molecule has 0 spiro atoms. The van der Waals surface area contributed by atoms with Crippen LogP contribution in [-0.2, 0) is 0 Å². The highest BCUT2D eigenvalue weighted by atomic mass is 13.9. The van der Waals surface area contributed by atoms with Crippen LogP contribution in [0.3, 0.4) is 0 Å². The highest BCUT2D eigenvalue weighted by Gasteiger charge is 1.83. The molecular formula is C10H18. The van der Waals surface area contributed by atoms with Crippen LogP contribution in [0.1, 0.15) is 39.5 Å². The highest BCUT2D eigenvalue weighted by Crippen LogP contribution is 2.03. The third-order valence-electron chi connectivity index (χ3n) is 1.66. The Bertz CT molecular complexity index is 109. The molecule has 0 aromatic rings. The quantitative estimate of drug-likeness (QED) is 0.401. The van der Waals surface area contributed by atoms with Crippen LogP contribution in [0.2, 0.25) is 0 Å². The van der Waals surface area contributed by atoms with E-state index in [4.69, 9.17) is 0 Å². The lowest BCUT2D eigenvalue weighted by molar-refractivity contribution is 0.858. The normalized spacial score (nSPS) is 11.6. The van der Waals surface area contributed by atoms with Crippen LogP contribution in [0, 0.1) is 0 Å². The summed E-state index contributed by atoms with van der Waals surface area (Å²) < 4.78 is 0. The van der Waals surface area contributed by atoms with Crippen molar-refractivity contribution in [2.75, 3.05) is 0 Å². The molecule has 0 saturated carbocycles. The van der Waals surface area contributed by atoms with Crippen molar-refractivity contribution in [2.24, 2.45) is 0 Å². The van der Waals surface area contributed by atoms with Crippen molar-refractivity contribution < 1.29 is 0 Å². The molecule has 0 unspecified atom stereocenters. The minimum atomic E-state index is 1.15. The summed E-state index contributed by atoms with van der Waals surface area (Å²) >= 11 is 0. The van der Waals surface area contributed by atoms with Gasteiger partial charge >= 0.3 is 0 Å². The van der Waals surface area contributed by atoms with Crippen molar-refractivity contribution in [1.82, 2.24) is 0 Å². The zero-order chi connectivity index (χ0) is 7.82. The van der Waals surface area contributed by atoms with E-state index in [9.17, 15) is 0 Å². The maximum Gasteiger partial charge on any atom is -0.0345 e. The molecule has 0 rings (SSSR count). The van der Waals surface area contributed by atoms with Crippen LogP contribution in [0.5, 0.6) is 0 Å². The molecule has 0 heterocycles. The lowest BCUT2D eigenvalue weighted by Crippen LogP contribution is -1.73. The fourth-order valence-electron chi connectivity index (χ4n) is 0.755. The van der Waals surface area contributed by atoms with Crippen LogP contribution >= 0.6 is 0 Å². The van der Waals surface area contributed by atoms with Gasteiger partial charge in [0.1, 0.15) is 0 Å². The third-order valence-corrected chi connectivity index (χ3v) is 1.66. The van der Waals surface area contributed by atoms with Gasteiger partial charge in [-0.1, -0.05) is 24.6 Å². The second kappa shape index (κ2) is 6.60. The summed E-state index contributed by atoms with van der Waals surface area (Å²) in [5.74, 6) is 0. The lowest BCUT2D eigenvalue weighted by atomic mass is 10.1. The molecule has 0 radical (unpaired) electrons. The Balaban J connectivity index is 3.24. The van der Waals surface area contributed by atoms with Gasteiger partial charge in [0.05, 0.1) is 0 Å². The monoisotopic (exact) mass is 138 g/mol. The van der Waals surface area contributed by atoms with Gasteiger partial charge in [-0.25, -0.2) is 0 Å². The molecule has 0 saturated heterocycles. The van der Waals surface area contributed by atoms with E-state index in [1.54, 1.807) is 0 Å². The first-order valence-corrected chi connectivity index (χ1v) is 4.07. The van der Waals surface area contributed by atoms with E-state index in [1.807, 2.05) is 6.08 Å². The molecule has 58 valence electrons. The van der Waals surface area contributed by atoms with Gasteiger partial charge in [0, 0.05) is 0 Å². The minimum absolute atomic E-state index is 1.15. The standard InChI is InChI=1S/C10H18/c1-4-6-7-8-9-10(3)5-2/h4,9H,1,5-8H2,2-3H3/b10-9+. The van der Waals surface area contributed by atoms with Crippen molar-refractivity contribution in [3.8, 4) is 0 Å². The average molecular weight is 138 g/mol. The first-order chi connectivity index (χ1) is 4.81. The molecule has 0 nitrogen and oxygen atoms in total. The van der Waals surface area contributed by atoms with E-state index in [2.05, 4.69) is 26.5 Å². The van der Waals surface area contributed by atoms with E-state index in [1.165, 1.54) is 24.8 Å². The Morgan fingerprint density at radius 2 is 2.10 bits per heavy atom. The molecule has 0 heteroatoms. The third kappa shape index (κ3) is 5.61. The zero-order valence-electron chi connectivity index (χ0n) is 7.19. The van der Waals surface area contributed by atoms with Crippen LogP contribution in [0.15, 0.2) is 24.3 Å². The van der Waals surface area contributed by atoms with E-state index in [0.29, 0.717) is 0 Å². The second-order valence-electron chi connectivity index (χ2n) is 2.62. The van der Waals surface area contributed by atoms with E-state index >= 15 is 0 Å². The summed E-state index contributed by atoms with van der Waals surface area (Å²) in [5.41, 5.74) is 1.50. The van der Waals surface area contributed by atoms with Crippen LogP contribution in [0.25, 0.3) is 0 Å². The number of hydrogen-bond donors (Lipinski definition) is 0. The average Bonchev–Trinajstić information content (AvgIpc) is 1.98. The van der Waals surface area contributed by atoms with Gasteiger partial charge in [-0.15, -0.1) is 6.58 Å². The SMILES string of the molecule is C=CCCC/C=C(\C)CC. The minimum Gasteiger partial charge on any atom is -0.103 e. The summed E-state index contributed by atoms with van der Waals surface area (Å²) in [4.78, 5) is 0. The summed E-state index contributed by atoms with van der Waals surface area (Å²) in [6.07, 6.45) is 9.10. The first-order valence-electron chi connectivity index (χ1n) is 4.07. The van der Waals surface area contributed by atoms with Gasteiger partial charge in [-0.3, -0.25) is 0 Å². The topological polar surface area (TPSA) is 0 Å². The molecular weight excluding hydrogens is 120 g/mol. The van der Waals surface area contributed by atoms with Gasteiger partial charge in [0.25, 0.3) is 0 Å². The van der Waals surface area contributed by atoms with Crippen LogP contribution in [-0.4, -0.2) is 0 Å². The molecule has 0 aliphatic heterocycles. The van der Waals surface area contributed by atoms with Gasteiger partial charge in [-0.05, 0) is 32.6 Å². The summed E-state index contributed by atoms with van der Waals surface area (Å²) in [7, 11) is 0. The number of rotatable bonds is 5. The van der Waals surface area contributed by atoms with Crippen molar-refractivity contribution >= 4 is 0 Å². The highest BCUT2D eigenvalue weighted by molar-refractivity contribution is 4.96. The Labute approximate surface area is 64.6 Å². The predicted molar refractivity (Wildman–Crippen MR) is 48.1 cm³/mol. The Kier molecular flexibility index (Phi) is 6.25. The van der Waals surface area contributed by atoms with E-state index in [-0.39, 0.29) is 0 Å². The Morgan fingerprint density at radius 1 is 1.40 bits per heavy atom. The Hall–Kier alpha value is -0.520. The molecule has 0 aromatic carbocycles. The predicted octanol–water partition coefficient (Wildman–Crippen LogP) is 3.70. The van der Waals surface area contributed by atoms with E-state index in [0.717, 1.165) is 6.42 Å². The second-order valence-corrected chi connectivity index (χ2v) is 2.62. The fraction of sp³-hybridized carbons (Fsp3) is 0.600. The summed E-state index contributed by atoms with van der Waals surface area (Å²) in [6, 6.07) is 0. The van der Waals surface area contributed by atoms with Crippen LogP contribution < -0.4 is 0 Å². The molecule has 0 aromatic heterocycles. The van der Waals surface area contributed by atoms with Crippen LogP contribution in [0.4, 0.5) is 0 Å². The summed E-state index contributed by atoms with van der Waals surface area (Å²) in [6.45, 7) is 8.06. The van der Waals surface area contributed by atoms with Crippen molar-refractivity contribution in [1.29, 1.82) is 0 Å². The maximum atomic E-state index is 3.68. The molecule has 0 bridgehead atoms. The number of allylic oxidation sites excluding steroid dienone is 3. The van der Waals surface area contributed by atoms with Gasteiger partial charge < -0.3 is 0 Å². The van der Waals surface area contributed by atoms with Crippen molar-refractivity contribution in [2.45, 2.75) is 39.5 Å². The molecule has 0 aliphatic rings. The van der Waals surface area contributed by atoms with Crippen molar-refractivity contribution in [3.63, 3.8) is 0 Å². The Morgan fingerprint density at radius 3 is 2.60 bits per heavy atom. The van der Waals surface area contributed by atoms with Crippen molar-refractivity contribution in [3.05, 3.63) is 24.3 Å². The number of unbranched alkanes of at least 4 members (excludes halogenated alkanes) is 2. The fourth-order valence-corrected chi connectivity index (χ4v) is 0.755. The zero-order valence-corrected chi connectivity index (χ0v) is 7.19. The smallest absolute Gasteiger partial charge is 0.0345 e. The molecule has 0 aliphatic carbocycles. The molecule has 0 atom stereocenters. The summed E-state index contributed by atoms with van der Waals surface area (Å²) in [5, 5.41) is 0. The first kappa shape index (κ1) is 9.48.